The van der Waals surface area contributed by atoms with Crippen molar-refractivity contribution in [2.24, 2.45) is 23.0 Å². The van der Waals surface area contributed by atoms with Crippen LogP contribution in [0.25, 0.3) is 0 Å². The number of rotatable bonds is 5. The summed E-state index contributed by atoms with van der Waals surface area (Å²) < 4.78 is 5.13. The molecule has 4 nitrogen and oxygen atoms in total. The molecular formula is C11H22N2O2. The molecule has 1 rings (SSSR count). The third-order valence-corrected chi connectivity index (χ3v) is 2.99. The van der Waals surface area contributed by atoms with E-state index in [1.807, 2.05) is 13.8 Å². The van der Waals surface area contributed by atoms with Crippen molar-refractivity contribution in [2.45, 2.75) is 20.8 Å². The molecular weight excluding hydrogens is 192 g/mol. The fraction of sp³-hybridized carbons (Fsp3) is 0.909. The summed E-state index contributed by atoms with van der Waals surface area (Å²) in [5.74, 6) is 0.288. The summed E-state index contributed by atoms with van der Waals surface area (Å²) >= 11 is 0. The summed E-state index contributed by atoms with van der Waals surface area (Å²) in [6, 6.07) is 0. The van der Waals surface area contributed by atoms with Crippen LogP contribution in [0, 0.1) is 17.3 Å². The third kappa shape index (κ3) is 3.18. The van der Waals surface area contributed by atoms with Crippen LogP contribution in [0.15, 0.2) is 0 Å². The van der Waals surface area contributed by atoms with E-state index < -0.39 is 0 Å². The van der Waals surface area contributed by atoms with Crippen molar-refractivity contribution < 1.29 is 9.53 Å². The van der Waals surface area contributed by atoms with E-state index in [0.29, 0.717) is 19.0 Å². The lowest BCUT2D eigenvalue weighted by Gasteiger charge is -2.38. The second-order valence-electron chi connectivity index (χ2n) is 5.11. The largest absolute Gasteiger partial charge is 0.380 e. The molecule has 0 bridgehead atoms. The molecule has 15 heavy (non-hydrogen) atoms. The Morgan fingerprint density at radius 3 is 2.47 bits per heavy atom. The number of carbonyl (C=O) groups is 1. The fourth-order valence-corrected chi connectivity index (χ4v) is 1.67. The molecule has 0 aromatic heterocycles. The Balaban J connectivity index is 2.34. The van der Waals surface area contributed by atoms with Gasteiger partial charge in [0.25, 0.3) is 0 Å². The highest BCUT2D eigenvalue weighted by Crippen LogP contribution is 2.25. The van der Waals surface area contributed by atoms with Crippen LogP contribution in [0.2, 0.25) is 0 Å². The molecule has 88 valence electrons. The van der Waals surface area contributed by atoms with E-state index in [2.05, 4.69) is 12.2 Å². The second kappa shape index (κ2) is 4.94. The minimum absolute atomic E-state index is 0.0700. The Bertz CT molecular complexity index is 225. The van der Waals surface area contributed by atoms with Crippen LogP contribution >= 0.6 is 0 Å². The molecule has 1 fully saturated rings. The number of hydrogen-bond acceptors (Lipinski definition) is 3. The van der Waals surface area contributed by atoms with E-state index in [0.717, 1.165) is 13.2 Å². The van der Waals surface area contributed by atoms with Gasteiger partial charge >= 0.3 is 0 Å². The fourth-order valence-electron chi connectivity index (χ4n) is 1.67. The lowest BCUT2D eigenvalue weighted by Crippen LogP contribution is -2.50. The van der Waals surface area contributed by atoms with Crippen LogP contribution in [0.4, 0.5) is 0 Å². The lowest BCUT2D eigenvalue weighted by molar-refractivity contribution is -0.131. The van der Waals surface area contributed by atoms with Crippen LogP contribution in [0.3, 0.4) is 0 Å². The molecule has 0 aromatic rings. The van der Waals surface area contributed by atoms with Gasteiger partial charge in [-0.1, -0.05) is 20.8 Å². The first-order valence-electron chi connectivity index (χ1n) is 5.54. The van der Waals surface area contributed by atoms with Gasteiger partial charge in [0, 0.05) is 18.5 Å². The molecule has 0 aliphatic carbocycles. The van der Waals surface area contributed by atoms with Crippen molar-refractivity contribution in [3.8, 4) is 0 Å². The highest BCUT2D eigenvalue weighted by molar-refractivity contribution is 5.79. The van der Waals surface area contributed by atoms with Gasteiger partial charge in [0.2, 0.25) is 5.91 Å². The molecule has 1 amide bonds. The second-order valence-corrected chi connectivity index (χ2v) is 5.11. The third-order valence-electron chi connectivity index (χ3n) is 2.99. The number of nitrogens with one attached hydrogen (secondary N) is 1. The van der Waals surface area contributed by atoms with Gasteiger partial charge in [0.15, 0.2) is 0 Å². The van der Waals surface area contributed by atoms with Gasteiger partial charge in [0.1, 0.15) is 0 Å². The van der Waals surface area contributed by atoms with Gasteiger partial charge in [-0.3, -0.25) is 4.79 Å². The first kappa shape index (κ1) is 12.5. The van der Waals surface area contributed by atoms with Gasteiger partial charge in [-0.15, -0.1) is 0 Å². The molecule has 1 atom stereocenters. The van der Waals surface area contributed by atoms with Gasteiger partial charge in [0.05, 0.1) is 19.1 Å². The van der Waals surface area contributed by atoms with Gasteiger partial charge in [-0.25, -0.2) is 0 Å². The summed E-state index contributed by atoms with van der Waals surface area (Å²) in [6.07, 6.45) is 0. The predicted octanol–water partition coefficient (Wildman–Crippen LogP) is 0.370. The highest BCUT2D eigenvalue weighted by atomic mass is 16.5. The molecule has 1 unspecified atom stereocenters. The maximum absolute atomic E-state index is 11.8. The molecule has 1 heterocycles. The average molecular weight is 214 g/mol. The average Bonchev–Trinajstić information content (AvgIpc) is 2.12. The number of carbonyl (C=O) groups excluding carboxylic acids is 1. The van der Waals surface area contributed by atoms with Crippen LogP contribution in [0.5, 0.6) is 0 Å². The molecule has 0 aromatic carbocycles. The first-order chi connectivity index (χ1) is 6.98. The Labute approximate surface area is 91.5 Å². The monoisotopic (exact) mass is 214 g/mol. The Kier molecular flexibility index (Phi) is 4.11. The van der Waals surface area contributed by atoms with Gasteiger partial charge in [-0.05, 0) is 5.92 Å². The SMILES string of the molecule is CC(C)C(CN)C(=O)NCC1(C)COC1. The first-order valence-corrected chi connectivity index (χ1v) is 5.54. The predicted molar refractivity (Wildman–Crippen MR) is 59.3 cm³/mol. The molecule has 1 saturated heterocycles. The molecule has 1 aliphatic rings. The van der Waals surface area contributed by atoms with Crippen molar-refractivity contribution in [3.63, 3.8) is 0 Å². The van der Waals surface area contributed by atoms with Crippen molar-refractivity contribution >= 4 is 5.91 Å². The number of hydrogen-bond donors (Lipinski definition) is 2. The highest BCUT2D eigenvalue weighted by Gasteiger charge is 2.34. The number of amides is 1. The summed E-state index contributed by atoms with van der Waals surface area (Å²) in [6.45, 7) is 8.73. The van der Waals surface area contributed by atoms with E-state index in [1.54, 1.807) is 0 Å². The summed E-state index contributed by atoms with van der Waals surface area (Å²) in [5.41, 5.74) is 5.71. The molecule has 3 N–H and O–H groups in total. The molecule has 1 aliphatic heterocycles. The van der Waals surface area contributed by atoms with Crippen molar-refractivity contribution in [1.82, 2.24) is 5.32 Å². The van der Waals surface area contributed by atoms with Crippen molar-refractivity contribution in [1.29, 1.82) is 0 Å². The van der Waals surface area contributed by atoms with E-state index >= 15 is 0 Å². The smallest absolute Gasteiger partial charge is 0.224 e. The summed E-state index contributed by atoms with van der Waals surface area (Å²) in [7, 11) is 0. The van der Waals surface area contributed by atoms with Crippen LogP contribution < -0.4 is 11.1 Å². The van der Waals surface area contributed by atoms with Crippen LogP contribution in [0.1, 0.15) is 20.8 Å². The molecule has 0 saturated carbocycles. The zero-order valence-corrected chi connectivity index (χ0v) is 9.88. The summed E-state index contributed by atoms with van der Waals surface area (Å²) in [5, 5.41) is 2.96. The van der Waals surface area contributed by atoms with E-state index in [-0.39, 0.29) is 17.2 Å². The summed E-state index contributed by atoms with van der Waals surface area (Å²) in [4.78, 5) is 11.8. The van der Waals surface area contributed by atoms with Crippen molar-refractivity contribution in [2.75, 3.05) is 26.3 Å². The quantitative estimate of drug-likeness (QED) is 0.695. The zero-order valence-electron chi connectivity index (χ0n) is 9.88. The Hall–Kier alpha value is -0.610. The van der Waals surface area contributed by atoms with Gasteiger partial charge < -0.3 is 15.8 Å². The van der Waals surface area contributed by atoms with E-state index in [1.165, 1.54) is 0 Å². The molecule has 4 heteroatoms. The van der Waals surface area contributed by atoms with Crippen LogP contribution in [-0.2, 0) is 9.53 Å². The normalized spacial score (nSPS) is 20.9. The molecule has 0 radical (unpaired) electrons. The van der Waals surface area contributed by atoms with Crippen LogP contribution in [-0.4, -0.2) is 32.2 Å². The van der Waals surface area contributed by atoms with E-state index in [4.69, 9.17) is 10.5 Å². The zero-order chi connectivity index (χ0) is 11.5. The Morgan fingerprint density at radius 1 is 1.53 bits per heavy atom. The minimum Gasteiger partial charge on any atom is -0.380 e. The van der Waals surface area contributed by atoms with E-state index in [9.17, 15) is 4.79 Å². The standard InChI is InChI=1S/C11H22N2O2/c1-8(2)9(4-12)10(14)13-5-11(3)6-15-7-11/h8-9H,4-7,12H2,1-3H3,(H,13,14). The topological polar surface area (TPSA) is 64.4 Å². The maximum atomic E-state index is 11.8. The lowest BCUT2D eigenvalue weighted by atomic mass is 9.88. The Morgan fingerprint density at radius 2 is 2.13 bits per heavy atom. The van der Waals surface area contributed by atoms with Crippen molar-refractivity contribution in [3.05, 3.63) is 0 Å². The van der Waals surface area contributed by atoms with Gasteiger partial charge in [-0.2, -0.15) is 0 Å². The molecule has 0 spiro atoms. The maximum Gasteiger partial charge on any atom is 0.224 e. The minimum atomic E-state index is -0.0744. The number of ether oxygens (including phenoxy) is 1. The number of nitrogens with two attached hydrogens (primary N) is 1.